The molecule has 0 saturated carbocycles. The molecular formula is C18H12F3N3O2. The zero-order valence-corrected chi connectivity index (χ0v) is 13.5. The summed E-state index contributed by atoms with van der Waals surface area (Å²) in [6, 6.07) is 11.1. The normalized spacial score (nSPS) is 12.0. The van der Waals surface area contributed by atoms with Gasteiger partial charge in [0, 0.05) is 28.8 Å². The van der Waals surface area contributed by atoms with Crippen molar-refractivity contribution in [2.45, 2.75) is 6.18 Å². The fourth-order valence-electron chi connectivity index (χ4n) is 3.00. The molecule has 0 aliphatic carbocycles. The van der Waals surface area contributed by atoms with Crippen LogP contribution in [0.2, 0.25) is 0 Å². The summed E-state index contributed by atoms with van der Waals surface area (Å²) in [6.45, 7) is 0. The second kappa shape index (κ2) is 5.62. The van der Waals surface area contributed by atoms with Crippen LogP contribution in [0.1, 0.15) is 5.69 Å². The van der Waals surface area contributed by atoms with Crippen LogP contribution in [-0.2, 0) is 6.18 Å². The number of hydrogen-bond donors (Lipinski definition) is 1. The zero-order valence-electron chi connectivity index (χ0n) is 13.5. The summed E-state index contributed by atoms with van der Waals surface area (Å²) in [5.74, 6) is 0.174. The van der Waals surface area contributed by atoms with Gasteiger partial charge >= 0.3 is 6.18 Å². The van der Waals surface area contributed by atoms with Crippen LogP contribution in [0.15, 0.2) is 53.5 Å². The first-order valence-corrected chi connectivity index (χ1v) is 7.65. The van der Waals surface area contributed by atoms with Crippen molar-refractivity contribution in [2.24, 2.45) is 0 Å². The number of ether oxygens (including phenoxy) is 1. The predicted molar refractivity (Wildman–Crippen MR) is 90.3 cm³/mol. The second-order valence-electron chi connectivity index (χ2n) is 5.69. The second-order valence-corrected chi connectivity index (χ2v) is 5.69. The average molecular weight is 359 g/mol. The number of nitrogens with one attached hydrogen (secondary N) is 1. The molecule has 0 atom stereocenters. The van der Waals surface area contributed by atoms with Crippen molar-refractivity contribution in [1.82, 2.24) is 14.6 Å². The van der Waals surface area contributed by atoms with Crippen LogP contribution in [0.3, 0.4) is 0 Å². The van der Waals surface area contributed by atoms with Gasteiger partial charge in [0.25, 0.3) is 5.56 Å². The molecule has 0 radical (unpaired) electrons. The molecule has 0 saturated heterocycles. The highest BCUT2D eigenvalue weighted by Gasteiger charge is 2.35. The van der Waals surface area contributed by atoms with Crippen molar-refractivity contribution in [3.05, 3.63) is 64.7 Å². The minimum atomic E-state index is -4.58. The molecule has 0 amide bonds. The minimum absolute atomic E-state index is 0.174. The van der Waals surface area contributed by atoms with E-state index in [1.54, 1.807) is 30.3 Å². The topological polar surface area (TPSA) is 59.4 Å². The van der Waals surface area contributed by atoms with E-state index >= 15 is 0 Å². The predicted octanol–water partition coefficient (Wildman–Crippen LogP) is 3.87. The summed E-state index contributed by atoms with van der Waals surface area (Å²) in [5, 5.41) is 4.72. The van der Waals surface area contributed by atoms with Crippen molar-refractivity contribution >= 4 is 16.3 Å². The van der Waals surface area contributed by atoms with Gasteiger partial charge in [-0.1, -0.05) is 18.2 Å². The Kier molecular flexibility index (Phi) is 3.50. The third-order valence-electron chi connectivity index (χ3n) is 4.19. The number of aromatic nitrogens is 3. The standard InChI is InChI=1S/C18H12F3N3O2/c1-26-16-7-6-11(14-8-15(18(19,20)21)23-24(14)16)13-9-22-17(25)12-5-3-2-4-10(12)13/h2-9H,1H3,(H,22,25). The van der Waals surface area contributed by atoms with E-state index in [2.05, 4.69) is 10.1 Å². The lowest BCUT2D eigenvalue weighted by atomic mass is 10.0. The van der Waals surface area contributed by atoms with E-state index in [4.69, 9.17) is 4.74 Å². The lowest BCUT2D eigenvalue weighted by Gasteiger charge is -2.10. The summed E-state index contributed by atoms with van der Waals surface area (Å²) in [6.07, 6.45) is -3.09. The Bertz CT molecular complexity index is 1190. The van der Waals surface area contributed by atoms with E-state index in [0.29, 0.717) is 21.9 Å². The van der Waals surface area contributed by atoms with Crippen molar-refractivity contribution in [2.75, 3.05) is 7.11 Å². The van der Waals surface area contributed by atoms with Gasteiger partial charge in [-0.05, 0) is 23.6 Å². The molecule has 0 aliphatic rings. The Hall–Kier alpha value is -3.29. The lowest BCUT2D eigenvalue weighted by molar-refractivity contribution is -0.141. The molecule has 4 aromatic rings. The molecule has 3 heterocycles. The number of hydrogen-bond acceptors (Lipinski definition) is 3. The van der Waals surface area contributed by atoms with Gasteiger partial charge in [-0.25, -0.2) is 0 Å². The van der Waals surface area contributed by atoms with E-state index in [1.807, 2.05) is 0 Å². The molecule has 1 aromatic carbocycles. The first-order chi connectivity index (χ1) is 12.4. The highest BCUT2D eigenvalue weighted by Crippen LogP contribution is 2.35. The fourth-order valence-corrected chi connectivity index (χ4v) is 3.00. The summed E-state index contributed by atoms with van der Waals surface area (Å²) >= 11 is 0. The highest BCUT2D eigenvalue weighted by molar-refractivity contribution is 5.99. The maximum atomic E-state index is 13.1. The Morgan fingerprint density at radius 2 is 1.81 bits per heavy atom. The van der Waals surface area contributed by atoms with Crippen molar-refractivity contribution < 1.29 is 17.9 Å². The molecular weight excluding hydrogens is 347 g/mol. The Morgan fingerprint density at radius 1 is 1.08 bits per heavy atom. The molecule has 0 spiro atoms. The van der Waals surface area contributed by atoms with Gasteiger partial charge < -0.3 is 9.72 Å². The van der Waals surface area contributed by atoms with Crippen LogP contribution in [0.25, 0.3) is 27.4 Å². The van der Waals surface area contributed by atoms with E-state index < -0.39 is 11.9 Å². The zero-order chi connectivity index (χ0) is 18.5. The molecule has 0 fully saturated rings. The number of pyridine rings is 2. The van der Waals surface area contributed by atoms with Crippen molar-refractivity contribution in [3.8, 4) is 17.0 Å². The SMILES string of the molecule is COc1ccc(-c2c[nH]c(=O)c3ccccc23)c2cc(C(F)(F)F)nn12. The molecule has 1 N–H and O–H groups in total. The quantitative estimate of drug-likeness (QED) is 0.591. The lowest BCUT2D eigenvalue weighted by Crippen LogP contribution is -2.06. The van der Waals surface area contributed by atoms with Crippen LogP contribution in [0.5, 0.6) is 5.88 Å². The Labute approximate surface area is 144 Å². The Morgan fingerprint density at radius 3 is 2.50 bits per heavy atom. The molecule has 4 rings (SSSR count). The smallest absolute Gasteiger partial charge is 0.435 e. The summed E-state index contributed by atoms with van der Waals surface area (Å²) < 4.78 is 45.6. The molecule has 0 bridgehead atoms. The number of halogens is 3. The molecule has 5 nitrogen and oxygen atoms in total. The summed E-state index contributed by atoms with van der Waals surface area (Å²) in [4.78, 5) is 14.7. The highest BCUT2D eigenvalue weighted by atomic mass is 19.4. The largest absolute Gasteiger partial charge is 0.481 e. The van der Waals surface area contributed by atoms with Gasteiger partial charge in [0.2, 0.25) is 5.88 Å². The van der Waals surface area contributed by atoms with E-state index in [1.165, 1.54) is 19.4 Å². The first kappa shape index (κ1) is 16.2. The van der Waals surface area contributed by atoms with Crippen LogP contribution in [0.4, 0.5) is 13.2 Å². The van der Waals surface area contributed by atoms with Gasteiger partial charge in [0.05, 0.1) is 12.6 Å². The number of H-pyrrole nitrogens is 1. The third-order valence-corrected chi connectivity index (χ3v) is 4.19. The number of nitrogens with zero attached hydrogens (tertiary/aromatic N) is 2. The molecule has 8 heteroatoms. The van der Waals surface area contributed by atoms with E-state index in [-0.39, 0.29) is 17.0 Å². The van der Waals surface area contributed by atoms with Gasteiger partial charge in [0.15, 0.2) is 5.69 Å². The number of benzene rings is 1. The monoisotopic (exact) mass is 359 g/mol. The first-order valence-electron chi connectivity index (χ1n) is 7.65. The fraction of sp³-hybridized carbons (Fsp3) is 0.111. The number of aromatic amines is 1. The minimum Gasteiger partial charge on any atom is -0.481 e. The molecule has 0 aliphatic heterocycles. The molecule has 132 valence electrons. The molecule has 0 unspecified atom stereocenters. The third kappa shape index (κ3) is 2.42. The van der Waals surface area contributed by atoms with Gasteiger partial charge in [-0.15, -0.1) is 0 Å². The molecule has 3 aromatic heterocycles. The van der Waals surface area contributed by atoms with Crippen LogP contribution in [0, 0.1) is 0 Å². The molecule has 26 heavy (non-hydrogen) atoms. The van der Waals surface area contributed by atoms with Gasteiger partial charge in [0.1, 0.15) is 0 Å². The summed E-state index contributed by atoms with van der Waals surface area (Å²) in [7, 11) is 1.36. The van der Waals surface area contributed by atoms with Crippen LogP contribution >= 0.6 is 0 Å². The summed E-state index contributed by atoms with van der Waals surface area (Å²) in [5.41, 5.74) is 0.0481. The van der Waals surface area contributed by atoms with E-state index in [9.17, 15) is 18.0 Å². The average Bonchev–Trinajstić information content (AvgIpc) is 3.08. The van der Waals surface area contributed by atoms with Gasteiger partial charge in [-0.3, -0.25) is 4.79 Å². The van der Waals surface area contributed by atoms with Crippen LogP contribution < -0.4 is 10.3 Å². The van der Waals surface area contributed by atoms with Crippen molar-refractivity contribution in [1.29, 1.82) is 0 Å². The van der Waals surface area contributed by atoms with Crippen LogP contribution in [-0.4, -0.2) is 21.7 Å². The van der Waals surface area contributed by atoms with Crippen molar-refractivity contribution in [3.63, 3.8) is 0 Å². The number of fused-ring (bicyclic) bond motifs is 2. The Balaban J connectivity index is 2.09. The maximum Gasteiger partial charge on any atom is 0.435 e. The number of methoxy groups -OCH3 is 1. The van der Waals surface area contributed by atoms with E-state index in [0.717, 1.165) is 10.6 Å². The number of rotatable bonds is 2. The number of alkyl halides is 3. The van der Waals surface area contributed by atoms with Gasteiger partial charge in [-0.2, -0.15) is 22.8 Å². The maximum absolute atomic E-state index is 13.1.